The molecule has 0 aliphatic heterocycles. The molecule has 1 aromatic heterocycles. The first-order chi connectivity index (χ1) is 9.43. The lowest BCUT2D eigenvalue weighted by molar-refractivity contribution is 0.602. The van der Waals surface area contributed by atoms with Crippen LogP contribution in [0.15, 0.2) is 47.4 Å². The first-order valence-electron chi connectivity index (χ1n) is 5.89. The minimum Gasteiger partial charge on any atom is -0.338 e. The molecular formula is C14H11ClN2O2S. The van der Waals surface area contributed by atoms with Crippen molar-refractivity contribution in [2.45, 2.75) is 4.90 Å². The summed E-state index contributed by atoms with van der Waals surface area (Å²) >= 11 is 5.85. The van der Waals surface area contributed by atoms with Crippen molar-refractivity contribution in [3.8, 4) is 11.4 Å². The minimum atomic E-state index is -3.22. The van der Waals surface area contributed by atoms with E-state index in [1.807, 2.05) is 12.1 Å². The van der Waals surface area contributed by atoms with Crippen molar-refractivity contribution in [2.75, 3.05) is 6.26 Å². The van der Waals surface area contributed by atoms with E-state index in [1.54, 1.807) is 30.3 Å². The number of fused-ring (bicyclic) bond motifs is 1. The highest BCUT2D eigenvalue weighted by Crippen LogP contribution is 2.23. The Labute approximate surface area is 121 Å². The first kappa shape index (κ1) is 13.1. The zero-order valence-corrected chi connectivity index (χ0v) is 12.2. The number of benzene rings is 2. The Bertz CT molecular complexity index is 883. The molecule has 3 aromatic rings. The molecular weight excluding hydrogens is 296 g/mol. The number of H-pyrrole nitrogens is 1. The summed E-state index contributed by atoms with van der Waals surface area (Å²) in [4.78, 5) is 7.84. The van der Waals surface area contributed by atoms with Gasteiger partial charge in [0.2, 0.25) is 0 Å². The van der Waals surface area contributed by atoms with Gasteiger partial charge in [-0.1, -0.05) is 11.6 Å². The lowest BCUT2D eigenvalue weighted by Gasteiger charge is -1.96. The smallest absolute Gasteiger partial charge is 0.175 e. The predicted molar refractivity (Wildman–Crippen MR) is 79.6 cm³/mol. The van der Waals surface area contributed by atoms with Crippen LogP contribution in [0.4, 0.5) is 0 Å². The fraction of sp³-hybridized carbons (Fsp3) is 0.0714. The average Bonchev–Trinajstić information content (AvgIpc) is 2.81. The number of halogens is 1. The number of nitrogens with one attached hydrogen (secondary N) is 1. The Morgan fingerprint density at radius 2 is 1.80 bits per heavy atom. The van der Waals surface area contributed by atoms with Gasteiger partial charge in [0.05, 0.1) is 15.9 Å². The topological polar surface area (TPSA) is 62.8 Å². The molecule has 0 atom stereocenters. The van der Waals surface area contributed by atoms with Crippen molar-refractivity contribution in [2.24, 2.45) is 0 Å². The number of aromatic nitrogens is 2. The van der Waals surface area contributed by atoms with Crippen LogP contribution in [0.3, 0.4) is 0 Å². The van der Waals surface area contributed by atoms with Gasteiger partial charge >= 0.3 is 0 Å². The number of hydrogen-bond acceptors (Lipinski definition) is 3. The second-order valence-corrected chi connectivity index (χ2v) is 7.00. The van der Waals surface area contributed by atoms with E-state index in [9.17, 15) is 8.42 Å². The highest BCUT2D eigenvalue weighted by molar-refractivity contribution is 7.90. The molecule has 102 valence electrons. The molecule has 0 aliphatic rings. The lowest BCUT2D eigenvalue weighted by Crippen LogP contribution is -1.96. The van der Waals surface area contributed by atoms with Gasteiger partial charge in [-0.05, 0) is 42.5 Å². The van der Waals surface area contributed by atoms with Gasteiger partial charge in [0.25, 0.3) is 0 Å². The van der Waals surface area contributed by atoms with Gasteiger partial charge in [0, 0.05) is 16.8 Å². The van der Waals surface area contributed by atoms with E-state index in [0.29, 0.717) is 16.4 Å². The van der Waals surface area contributed by atoms with Gasteiger partial charge < -0.3 is 4.98 Å². The van der Waals surface area contributed by atoms with Gasteiger partial charge in [-0.2, -0.15) is 0 Å². The number of rotatable bonds is 2. The SMILES string of the molecule is CS(=O)(=O)c1ccc2nc(-c3ccc(Cl)cc3)[nH]c2c1. The fourth-order valence-corrected chi connectivity index (χ4v) is 2.74. The Kier molecular flexibility index (Phi) is 3.03. The summed E-state index contributed by atoms with van der Waals surface area (Å²) in [6.45, 7) is 0. The van der Waals surface area contributed by atoms with Crippen LogP contribution in [0.5, 0.6) is 0 Å². The van der Waals surface area contributed by atoms with Crippen molar-refractivity contribution in [3.63, 3.8) is 0 Å². The monoisotopic (exact) mass is 306 g/mol. The van der Waals surface area contributed by atoms with Crippen LogP contribution >= 0.6 is 11.6 Å². The molecule has 3 rings (SSSR count). The third kappa shape index (κ3) is 2.42. The highest BCUT2D eigenvalue weighted by atomic mass is 35.5. The second-order valence-electron chi connectivity index (χ2n) is 4.54. The third-order valence-electron chi connectivity index (χ3n) is 3.00. The van der Waals surface area contributed by atoms with E-state index >= 15 is 0 Å². The molecule has 1 N–H and O–H groups in total. The summed E-state index contributed by atoms with van der Waals surface area (Å²) in [5, 5.41) is 0.657. The van der Waals surface area contributed by atoms with E-state index in [2.05, 4.69) is 9.97 Å². The maximum absolute atomic E-state index is 11.5. The summed E-state index contributed by atoms with van der Waals surface area (Å²) in [5.74, 6) is 0.683. The van der Waals surface area contributed by atoms with Crippen molar-refractivity contribution in [3.05, 3.63) is 47.5 Å². The fourth-order valence-electron chi connectivity index (χ4n) is 1.96. The zero-order valence-electron chi connectivity index (χ0n) is 10.6. The number of hydrogen-bond donors (Lipinski definition) is 1. The summed E-state index contributed by atoms with van der Waals surface area (Å²) in [5.41, 5.74) is 2.31. The Morgan fingerprint density at radius 1 is 1.10 bits per heavy atom. The molecule has 4 nitrogen and oxygen atoms in total. The molecule has 2 aromatic carbocycles. The largest absolute Gasteiger partial charge is 0.338 e. The van der Waals surface area contributed by atoms with E-state index in [0.717, 1.165) is 11.1 Å². The first-order valence-corrected chi connectivity index (χ1v) is 8.16. The van der Waals surface area contributed by atoms with Crippen LogP contribution in [0.1, 0.15) is 0 Å². The van der Waals surface area contributed by atoms with Crippen LogP contribution in [0.25, 0.3) is 22.4 Å². The highest BCUT2D eigenvalue weighted by Gasteiger charge is 2.10. The van der Waals surface area contributed by atoms with Crippen LogP contribution in [-0.4, -0.2) is 24.6 Å². The van der Waals surface area contributed by atoms with Crippen LogP contribution < -0.4 is 0 Å². The van der Waals surface area contributed by atoms with E-state index < -0.39 is 9.84 Å². The number of imidazole rings is 1. The van der Waals surface area contributed by atoms with Crippen molar-refractivity contribution < 1.29 is 8.42 Å². The van der Waals surface area contributed by atoms with Gasteiger partial charge in [-0.3, -0.25) is 0 Å². The summed E-state index contributed by atoms with van der Waals surface area (Å²) in [7, 11) is -3.22. The van der Waals surface area contributed by atoms with E-state index in [4.69, 9.17) is 11.6 Å². The third-order valence-corrected chi connectivity index (χ3v) is 4.36. The van der Waals surface area contributed by atoms with Crippen molar-refractivity contribution in [1.82, 2.24) is 9.97 Å². The number of aromatic amines is 1. The molecule has 1 heterocycles. The molecule has 20 heavy (non-hydrogen) atoms. The Balaban J connectivity index is 2.13. The second kappa shape index (κ2) is 4.61. The molecule has 6 heteroatoms. The van der Waals surface area contributed by atoms with Crippen LogP contribution in [0.2, 0.25) is 5.02 Å². The molecule has 0 radical (unpaired) electrons. The standard InChI is InChI=1S/C14H11ClN2O2S/c1-20(18,19)11-6-7-12-13(8-11)17-14(16-12)9-2-4-10(15)5-3-9/h2-8H,1H3,(H,16,17). The van der Waals surface area contributed by atoms with Crippen LogP contribution in [0, 0.1) is 0 Å². The predicted octanol–water partition coefficient (Wildman–Crippen LogP) is 3.29. The maximum atomic E-state index is 11.5. The zero-order chi connectivity index (χ0) is 14.3. The normalized spacial score (nSPS) is 11.9. The molecule has 0 fully saturated rings. The molecule has 0 saturated heterocycles. The Morgan fingerprint density at radius 3 is 2.45 bits per heavy atom. The maximum Gasteiger partial charge on any atom is 0.175 e. The molecule has 0 saturated carbocycles. The minimum absolute atomic E-state index is 0.274. The summed E-state index contributed by atoms with van der Waals surface area (Å²) < 4.78 is 23.1. The summed E-state index contributed by atoms with van der Waals surface area (Å²) in [6.07, 6.45) is 1.19. The van der Waals surface area contributed by atoms with Crippen molar-refractivity contribution in [1.29, 1.82) is 0 Å². The lowest BCUT2D eigenvalue weighted by atomic mass is 10.2. The molecule has 0 unspecified atom stereocenters. The molecule has 0 bridgehead atoms. The van der Waals surface area contributed by atoms with E-state index in [1.165, 1.54) is 6.26 Å². The van der Waals surface area contributed by atoms with Gasteiger partial charge in [-0.25, -0.2) is 13.4 Å². The van der Waals surface area contributed by atoms with Gasteiger partial charge in [-0.15, -0.1) is 0 Å². The quantitative estimate of drug-likeness (QED) is 0.790. The average molecular weight is 307 g/mol. The van der Waals surface area contributed by atoms with Crippen LogP contribution in [-0.2, 0) is 9.84 Å². The van der Waals surface area contributed by atoms with E-state index in [-0.39, 0.29) is 4.90 Å². The molecule has 0 aliphatic carbocycles. The van der Waals surface area contributed by atoms with Crippen molar-refractivity contribution >= 4 is 32.5 Å². The van der Waals surface area contributed by atoms with Gasteiger partial charge in [0.1, 0.15) is 5.82 Å². The Hall–Kier alpha value is -1.85. The summed E-state index contributed by atoms with van der Waals surface area (Å²) in [6, 6.07) is 12.1. The van der Waals surface area contributed by atoms with Gasteiger partial charge in [0.15, 0.2) is 9.84 Å². The number of nitrogens with zero attached hydrogens (tertiary/aromatic N) is 1. The molecule has 0 amide bonds. The number of sulfone groups is 1. The molecule has 0 spiro atoms.